The summed E-state index contributed by atoms with van der Waals surface area (Å²) in [6.07, 6.45) is 5.07. The molecule has 0 amide bonds. The number of carboxylic acids is 1. The number of aromatic nitrogens is 2. The van der Waals surface area contributed by atoms with Crippen LogP contribution in [0.3, 0.4) is 0 Å². The van der Waals surface area contributed by atoms with E-state index in [2.05, 4.69) is 20.0 Å². The predicted octanol–water partition coefficient (Wildman–Crippen LogP) is 1.98. The van der Waals surface area contributed by atoms with E-state index in [0.717, 1.165) is 24.9 Å². The zero-order chi connectivity index (χ0) is 17.5. The van der Waals surface area contributed by atoms with Gasteiger partial charge in [0.05, 0.1) is 5.92 Å². The number of hydrogen-bond acceptors (Lipinski definition) is 5. The van der Waals surface area contributed by atoms with E-state index in [9.17, 15) is 4.79 Å². The van der Waals surface area contributed by atoms with Crippen molar-refractivity contribution in [1.29, 1.82) is 0 Å². The molecule has 0 spiro atoms. The summed E-state index contributed by atoms with van der Waals surface area (Å²) in [5.74, 6) is -0.344. The molecule has 3 rings (SSSR count). The third-order valence-corrected chi connectivity index (χ3v) is 4.28. The molecule has 7 heteroatoms. The van der Waals surface area contributed by atoms with Crippen molar-refractivity contribution in [3.8, 4) is 0 Å². The number of nitrogens with one attached hydrogen (secondary N) is 1. The summed E-state index contributed by atoms with van der Waals surface area (Å²) in [5, 5.41) is 13.4. The molecule has 132 valence electrons. The number of likely N-dealkylation sites (tertiary alicyclic amines) is 1. The van der Waals surface area contributed by atoms with Gasteiger partial charge in [-0.25, -0.2) is 4.98 Å². The van der Waals surface area contributed by atoms with Crippen LogP contribution >= 0.6 is 0 Å². The molecule has 1 aromatic carbocycles. The number of carbonyl (C=O) groups is 1. The van der Waals surface area contributed by atoms with Crippen molar-refractivity contribution in [1.82, 2.24) is 14.9 Å². The van der Waals surface area contributed by atoms with Crippen LogP contribution in [0.4, 0.5) is 0 Å². The van der Waals surface area contributed by atoms with Gasteiger partial charge in [-0.3, -0.25) is 9.69 Å². The fourth-order valence-corrected chi connectivity index (χ4v) is 2.96. The van der Waals surface area contributed by atoms with Crippen molar-refractivity contribution in [2.24, 2.45) is 11.1 Å². The number of nitrogens with zero attached hydrogens (tertiary/aromatic N) is 3. The van der Waals surface area contributed by atoms with Gasteiger partial charge < -0.3 is 14.9 Å². The number of carboxylic acid groups (broad SMARTS) is 1. The first kappa shape index (κ1) is 17.2. The fraction of sp³-hybridized carbons (Fsp3) is 0.389. The normalized spacial score (nSPS) is 18.9. The maximum Gasteiger partial charge on any atom is 0.307 e. The Hall–Kier alpha value is -2.67. The van der Waals surface area contributed by atoms with Gasteiger partial charge in [-0.05, 0) is 19.4 Å². The second-order valence-electron chi connectivity index (χ2n) is 6.05. The molecule has 7 nitrogen and oxygen atoms in total. The Bertz CT molecular complexity index is 700. The molecule has 0 aliphatic carbocycles. The summed E-state index contributed by atoms with van der Waals surface area (Å²) >= 11 is 0. The number of aliphatic carboxylic acids is 1. The van der Waals surface area contributed by atoms with Gasteiger partial charge in [-0.15, -0.1) is 0 Å². The maximum absolute atomic E-state index is 11.1. The van der Waals surface area contributed by atoms with Gasteiger partial charge in [0.15, 0.2) is 11.5 Å². The number of rotatable bonds is 7. The van der Waals surface area contributed by atoms with E-state index in [1.807, 2.05) is 30.3 Å². The monoisotopic (exact) mass is 342 g/mol. The Morgan fingerprint density at radius 2 is 2.24 bits per heavy atom. The number of imidazole rings is 1. The van der Waals surface area contributed by atoms with E-state index in [-0.39, 0.29) is 5.92 Å². The average molecular weight is 342 g/mol. The highest BCUT2D eigenvalue weighted by atomic mass is 16.6. The van der Waals surface area contributed by atoms with Crippen molar-refractivity contribution in [3.63, 3.8) is 0 Å². The molecular formula is C18H22N4O3. The van der Waals surface area contributed by atoms with Crippen molar-refractivity contribution >= 4 is 11.7 Å². The van der Waals surface area contributed by atoms with Crippen LogP contribution < -0.4 is 0 Å². The molecule has 1 atom stereocenters. The molecule has 2 N–H and O–H groups in total. The molecule has 1 aromatic heterocycles. The first-order valence-corrected chi connectivity index (χ1v) is 8.44. The molecule has 1 saturated heterocycles. The molecule has 0 radical (unpaired) electrons. The van der Waals surface area contributed by atoms with E-state index < -0.39 is 5.97 Å². The van der Waals surface area contributed by atoms with E-state index >= 15 is 0 Å². The lowest BCUT2D eigenvalue weighted by Gasteiger charge is -2.29. The van der Waals surface area contributed by atoms with E-state index in [1.165, 1.54) is 0 Å². The van der Waals surface area contributed by atoms with Gasteiger partial charge in [-0.1, -0.05) is 35.5 Å². The first-order valence-electron chi connectivity index (χ1n) is 8.44. The lowest BCUT2D eigenvalue weighted by molar-refractivity contribution is -0.143. The average Bonchev–Trinajstić information content (AvgIpc) is 3.17. The zero-order valence-corrected chi connectivity index (χ0v) is 14.0. The van der Waals surface area contributed by atoms with Gasteiger partial charge in [-0.2, -0.15) is 0 Å². The number of piperidine rings is 1. The van der Waals surface area contributed by atoms with E-state index in [1.54, 1.807) is 12.4 Å². The van der Waals surface area contributed by atoms with Crippen LogP contribution in [0.25, 0.3) is 0 Å². The van der Waals surface area contributed by atoms with Crippen LogP contribution in [0, 0.1) is 5.92 Å². The quantitative estimate of drug-likeness (QED) is 0.456. The minimum absolute atomic E-state index is 0.278. The highest BCUT2D eigenvalue weighted by Crippen LogP contribution is 2.16. The number of oxime groups is 1. The topological polar surface area (TPSA) is 90.8 Å². The number of hydrogen-bond donors (Lipinski definition) is 2. The maximum atomic E-state index is 11.1. The molecule has 1 unspecified atom stereocenters. The molecular weight excluding hydrogens is 320 g/mol. The molecule has 2 aromatic rings. The highest BCUT2D eigenvalue weighted by molar-refractivity contribution is 6.10. The number of aromatic amines is 1. The van der Waals surface area contributed by atoms with Crippen LogP contribution in [0.1, 0.15) is 24.2 Å². The molecule has 1 fully saturated rings. The second-order valence-corrected chi connectivity index (χ2v) is 6.05. The number of benzene rings is 1. The van der Waals surface area contributed by atoms with Gasteiger partial charge >= 0.3 is 5.97 Å². The SMILES string of the molecule is O=C(O)C1CCCN(CCON=C(c2ccccc2)c2ncc[nH]2)C1. The van der Waals surface area contributed by atoms with Crippen LogP contribution in [0.15, 0.2) is 47.9 Å². The third kappa shape index (κ3) is 4.67. The van der Waals surface area contributed by atoms with Crippen molar-refractivity contribution in [3.05, 3.63) is 54.1 Å². The molecule has 0 saturated carbocycles. The highest BCUT2D eigenvalue weighted by Gasteiger charge is 2.25. The number of H-pyrrole nitrogens is 1. The molecule has 25 heavy (non-hydrogen) atoms. The van der Waals surface area contributed by atoms with Crippen molar-refractivity contribution in [2.45, 2.75) is 12.8 Å². The van der Waals surface area contributed by atoms with Gasteiger partial charge in [0.25, 0.3) is 0 Å². The Kier molecular flexibility index (Phi) is 5.79. The zero-order valence-electron chi connectivity index (χ0n) is 14.0. The smallest absolute Gasteiger partial charge is 0.307 e. The fourth-order valence-electron chi connectivity index (χ4n) is 2.96. The summed E-state index contributed by atoms with van der Waals surface area (Å²) in [6, 6.07) is 9.72. The summed E-state index contributed by atoms with van der Waals surface area (Å²) in [7, 11) is 0. The third-order valence-electron chi connectivity index (χ3n) is 4.28. The van der Waals surface area contributed by atoms with Crippen LogP contribution in [0.2, 0.25) is 0 Å². The minimum atomic E-state index is -0.715. The molecule has 1 aliphatic rings. The van der Waals surface area contributed by atoms with Crippen LogP contribution in [0.5, 0.6) is 0 Å². The molecule has 2 heterocycles. The Labute approximate surface area is 146 Å². The lowest BCUT2D eigenvalue weighted by atomic mass is 9.98. The Morgan fingerprint density at radius 1 is 1.40 bits per heavy atom. The summed E-state index contributed by atoms with van der Waals surface area (Å²) in [5.41, 5.74) is 1.56. The standard InChI is InChI=1S/C18H22N4O3/c23-18(24)15-7-4-10-22(13-15)11-12-25-21-16(17-19-8-9-20-17)14-5-2-1-3-6-14/h1-3,5-6,8-9,15H,4,7,10-13H2,(H,19,20)(H,23,24). The van der Waals surface area contributed by atoms with Crippen molar-refractivity contribution < 1.29 is 14.7 Å². The second kappa shape index (κ2) is 8.43. The first-order chi connectivity index (χ1) is 12.2. The predicted molar refractivity (Wildman–Crippen MR) is 93.4 cm³/mol. The minimum Gasteiger partial charge on any atom is -0.481 e. The summed E-state index contributed by atoms with van der Waals surface area (Å²) in [4.78, 5) is 26.0. The lowest BCUT2D eigenvalue weighted by Crippen LogP contribution is -2.40. The van der Waals surface area contributed by atoms with Gasteiger partial charge in [0.2, 0.25) is 0 Å². The van der Waals surface area contributed by atoms with E-state index in [0.29, 0.717) is 31.2 Å². The van der Waals surface area contributed by atoms with Crippen molar-refractivity contribution in [2.75, 3.05) is 26.2 Å². The largest absolute Gasteiger partial charge is 0.481 e. The summed E-state index contributed by atoms with van der Waals surface area (Å²) < 4.78 is 0. The van der Waals surface area contributed by atoms with Crippen LogP contribution in [-0.4, -0.2) is 57.9 Å². The van der Waals surface area contributed by atoms with Gasteiger partial charge in [0, 0.05) is 31.0 Å². The molecule has 0 bridgehead atoms. The Balaban J connectivity index is 1.58. The van der Waals surface area contributed by atoms with Crippen LogP contribution in [-0.2, 0) is 9.63 Å². The molecule has 1 aliphatic heterocycles. The summed E-state index contributed by atoms with van der Waals surface area (Å²) in [6.45, 7) is 2.55. The Morgan fingerprint density at radius 3 is 2.96 bits per heavy atom. The van der Waals surface area contributed by atoms with Gasteiger partial charge in [0.1, 0.15) is 6.61 Å². The van der Waals surface area contributed by atoms with E-state index in [4.69, 9.17) is 9.94 Å².